The van der Waals surface area contributed by atoms with Crippen LogP contribution in [0.5, 0.6) is 5.75 Å². The standard InChI is InChI=1S/C14H12N2O/c1-10-6-7-16-9-12(15-14(16)8-10)11-4-2-3-5-13(11)17/h2-9,17H,1H3. The Morgan fingerprint density at radius 3 is 2.82 bits per heavy atom. The number of benzene rings is 1. The van der Waals surface area contributed by atoms with Gasteiger partial charge in [0.2, 0.25) is 0 Å². The summed E-state index contributed by atoms with van der Waals surface area (Å²) in [6.45, 7) is 2.04. The number of nitrogens with zero attached hydrogens (tertiary/aromatic N) is 2. The largest absolute Gasteiger partial charge is 0.507 e. The Hall–Kier alpha value is -2.29. The van der Waals surface area contributed by atoms with Gasteiger partial charge in [-0.05, 0) is 36.8 Å². The predicted octanol–water partition coefficient (Wildman–Crippen LogP) is 3.02. The molecule has 0 bridgehead atoms. The van der Waals surface area contributed by atoms with E-state index in [1.54, 1.807) is 12.1 Å². The Morgan fingerprint density at radius 1 is 1.18 bits per heavy atom. The van der Waals surface area contributed by atoms with Gasteiger partial charge in [0.15, 0.2) is 0 Å². The number of phenols is 1. The summed E-state index contributed by atoms with van der Waals surface area (Å²) in [5.41, 5.74) is 3.61. The van der Waals surface area contributed by atoms with Crippen LogP contribution in [-0.4, -0.2) is 14.5 Å². The SMILES string of the molecule is Cc1ccn2cc(-c3ccccc3O)nc2c1. The quantitative estimate of drug-likeness (QED) is 0.690. The Balaban J connectivity index is 2.22. The summed E-state index contributed by atoms with van der Waals surface area (Å²) in [6, 6.07) is 11.3. The highest BCUT2D eigenvalue weighted by atomic mass is 16.3. The van der Waals surface area contributed by atoms with Crippen molar-refractivity contribution in [2.75, 3.05) is 0 Å². The van der Waals surface area contributed by atoms with Crippen LogP contribution in [0.25, 0.3) is 16.9 Å². The lowest BCUT2D eigenvalue weighted by Crippen LogP contribution is -1.81. The van der Waals surface area contributed by atoms with Crippen LogP contribution < -0.4 is 0 Å². The van der Waals surface area contributed by atoms with Gasteiger partial charge in [-0.25, -0.2) is 4.98 Å². The van der Waals surface area contributed by atoms with Gasteiger partial charge in [0.05, 0.1) is 5.69 Å². The van der Waals surface area contributed by atoms with Gasteiger partial charge >= 0.3 is 0 Å². The van der Waals surface area contributed by atoms with E-state index in [0.717, 1.165) is 16.9 Å². The summed E-state index contributed by atoms with van der Waals surface area (Å²) in [6.07, 6.45) is 3.89. The molecule has 84 valence electrons. The number of imidazole rings is 1. The summed E-state index contributed by atoms with van der Waals surface area (Å²) < 4.78 is 1.95. The molecule has 3 aromatic rings. The van der Waals surface area contributed by atoms with Gasteiger partial charge in [-0.2, -0.15) is 0 Å². The fourth-order valence-corrected chi connectivity index (χ4v) is 1.90. The molecule has 0 saturated heterocycles. The van der Waals surface area contributed by atoms with Crippen LogP contribution in [0.15, 0.2) is 48.8 Å². The van der Waals surface area contributed by atoms with Gasteiger partial charge in [0.25, 0.3) is 0 Å². The van der Waals surface area contributed by atoms with Crippen LogP contribution in [0.4, 0.5) is 0 Å². The van der Waals surface area contributed by atoms with Crippen molar-refractivity contribution in [3.05, 3.63) is 54.4 Å². The maximum Gasteiger partial charge on any atom is 0.137 e. The molecule has 0 unspecified atom stereocenters. The highest BCUT2D eigenvalue weighted by molar-refractivity contribution is 5.68. The van der Waals surface area contributed by atoms with E-state index in [-0.39, 0.29) is 5.75 Å². The van der Waals surface area contributed by atoms with E-state index < -0.39 is 0 Å². The zero-order valence-electron chi connectivity index (χ0n) is 9.46. The van der Waals surface area contributed by atoms with E-state index >= 15 is 0 Å². The number of rotatable bonds is 1. The minimum Gasteiger partial charge on any atom is -0.507 e. The fourth-order valence-electron chi connectivity index (χ4n) is 1.90. The van der Waals surface area contributed by atoms with Gasteiger partial charge in [-0.15, -0.1) is 0 Å². The van der Waals surface area contributed by atoms with E-state index in [1.807, 2.05) is 48.0 Å². The molecule has 0 fully saturated rings. The molecule has 3 heteroatoms. The average molecular weight is 224 g/mol. The Bertz CT molecular complexity index is 686. The molecule has 0 aliphatic carbocycles. The van der Waals surface area contributed by atoms with Crippen LogP contribution >= 0.6 is 0 Å². The molecule has 0 aliphatic heterocycles. The maximum absolute atomic E-state index is 9.79. The second-order valence-corrected chi connectivity index (χ2v) is 4.11. The van der Waals surface area contributed by atoms with Gasteiger partial charge in [0, 0.05) is 18.0 Å². The second-order valence-electron chi connectivity index (χ2n) is 4.11. The first-order valence-corrected chi connectivity index (χ1v) is 5.48. The Kier molecular flexibility index (Phi) is 2.11. The lowest BCUT2D eigenvalue weighted by molar-refractivity contribution is 0.477. The summed E-state index contributed by atoms with van der Waals surface area (Å²) in [7, 11) is 0. The van der Waals surface area contributed by atoms with E-state index in [0.29, 0.717) is 0 Å². The predicted molar refractivity (Wildman–Crippen MR) is 67.0 cm³/mol. The Labute approximate surface area is 99.0 Å². The van der Waals surface area contributed by atoms with E-state index in [2.05, 4.69) is 4.98 Å². The van der Waals surface area contributed by atoms with Crippen molar-refractivity contribution >= 4 is 5.65 Å². The number of hydrogen-bond acceptors (Lipinski definition) is 2. The lowest BCUT2D eigenvalue weighted by atomic mass is 10.1. The van der Waals surface area contributed by atoms with Crippen molar-refractivity contribution in [2.24, 2.45) is 0 Å². The van der Waals surface area contributed by atoms with Crippen molar-refractivity contribution in [1.82, 2.24) is 9.38 Å². The van der Waals surface area contributed by atoms with Crippen LogP contribution in [0.2, 0.25) is 0 Å². The minimum atomic E-state index is 0.257. The van der Waals surface area contributed by atoms with Gasteiger partial charge in [-0.3, -0.25) is 0 Å². The van der Waals surface area contributed by atoms with E-state index in [9.17, 15) is 5.11 Å². The topological polar surface area (TPSA) is 37.5 Å². The molecule has 17 heavy (non-hydrogen) atoms. The van der Waals surface area contributed by atoms with Crippen molar-refractivity contribution in [2.45, 2.75) is 6.92 Å². The number of aromatic hydroxyl groups is 1. The molecule has 2 heterocycles. The molecule has 3 nitrogen and oxygen atoms in total. The molecule has 0 amide bonds. The molecular formula is C14H12N2O. The monoisotopic (exact) mass is 224 g/mol. The van der Waals surface area contributed by atoms with Crippen molar-refractivity contribution in [3.63, 3.8) is 0 Å². The lowest BCUT2D eigenvalue weighted by Gasteiger charge is -1.98. The number of aryl methyl sites for hydroxylation is 1. The molecule has 2 aromatic heterocycles. The van der Waals surface area contributed by atoms with Crippen LogP contribution in [0, 0.1) is 6.92 Å². The maximum atomic E-state index is 9.79. The second kappa shape index (κ2) is 3.63. The molecule has 1 aromatic carbocycles. The molecule has 1 N–H and O–H groups in total. The molecule has 0 saturated carbocycles. The van der Waals surface area contributed by atoms with Crippen LogP contribution in [0.1, 0.15) is 5.56 Å². The zero-order chi connectivity index (χ0) is 11.8. The normalized spacial score (nSPS) is 10.9. The molecule has 0 radical (unpaired) electrons. The van der Waals surface area contributed by atoms with Crippen molar-refractivity contribution in [1.29, 1.82) is 0 Å². The van der Waals surface area contributed by atoms with E-state index in [1.165, 1.54) is 5.56 Å². The molecule has 0 atom stereocenters. The first kappa shape index (κ1) is 9.90. The molecule has 3 rings (SSSR count). The first-order valence-electron chi connectivity index (χ1n) is 5.48. The molecule has 0 aliphatic rings. The zero-order valence-corrected chi connectivity index (χ0v) is 9.46. The number of phenolic OH excluding ortho intramolecular Hbond substituents is 1. The van der Waals surface area contributed by atoms with Crippen LogP contribution in [0.3, 0.4) is 0 Å². The van der Waals surface area contributed by atoms with Crippen LogP contribution in [-0.2, 0) is 0 Å². The van der Waals surface area contributed by atoms with Gasteiger partial charge < -0.3 is 9.51 Å². The number of aromatic nitrogens is 2. The first-order chi connectivity index (χ1) is 8.24. The number of hydrogen-bond donors (Lipinski definition) is 1. The number of pyridine rings is 1. The smallest absolute Gasteiger partial charge is 0.137 e. The summed E-state index contributed by atoms with van der Waals surface area (Å²) in [5.74, 6) is 0.257. The third-order valence-electron chi connectivity index (χ3n) is 2.80. The third-order valence-corrected chi connectivity index (χ3v) is 2.80. The number of para-hydroxylation sites is 1. The summed E-state index contributed by atoms with van der Waals surface area (Å²) in [4.78, 5) is 4.51. The molecule has 0 spiro atoms. The average Bonchev–Trinajstić information content (AvgIpc) is 2.72. The van der Waals surface area contributed by atoms with Crippen molar-refractivity contribution < 1.29 is 5.11 Å². The fraction of sp³-hybridized carbons (Fsp3) is 0.0714. The van der Waals surface area contributed by atoms with Gasteiger partial charge in [-0.1, -0.05) is 12.1 Å². The van der Waals surface area contributed by atoms with Crippen molar-refractivity contribution in [3.8, 4) is 17.0 Å². The van der Waals surface area contributed by atoms with Gasteiger partial charge in [0.1, 0.15) is 11.4 Å². The highest BCUT2D eigenvalue weighted by Crippen LogP contribution is 2.27. The van der Waals surface area contributed by atoms with E-state index in [4.69, 9.17) is 0 Å². The summed E-state index contributed by atoms with van der Waals surface area (Å²) >= 11 is 0. The number of fused-ring (bicyclic) bond motifs is 1. The summed E-state index contributed by atoms with van der Waals surface area (Å²) in [5, 5.41) is 9.79. The minimum absolute atomic E-state index is 0.257. The highest BCUT2D eigenvalue weighted by Gasteiger charge is 2.07. The molecular weight excluding hydrogens is 212 g/mol. The Morgan fingerprint density at radius 2 is 2.00 bits per heavy atom. The third kappa shape index (κ3) is 1.65.